The number of phenolic OH excluding ortho intramolecular Hbond substituents is 1. The zero-order valence-electron chi connectivity index (χ0n) is 11.7. The number of hydrogen-bond acceptors (Lipinski definition) is 3. The molecule has 2 rings (SSSR count). The van der Waals surface area contributed by atoms with Crippen molar-refractivity contribution in [3.05, 3.63) is 29.3 Å². The first-order valence-corrected chi connectivity index (χ1v) is 6.74. The Bertz CT molecular complexity index is 541. The molecule has 2 unspecified atom stereocenters. The van der Waals surface area contributed by atoms with E-state index in [9.17, 15) is 19.8 Å². The Kier molecular flexibility index (Phi) is 3.97. The highest BCUT2D eigenvalue weighted by Crippen LogP contribution is 2.27. The van der Waals surface area contributed by atoms with Crippen molar-refractivity contribution < 1.29 is 19.8 Å². The molecule has 1 saturated heterocycles. The molecule has 1 aromatic carbocycles. The molecule has 1 amide bonds. The van der Waals surface area contributed by atoms with Gasteiger partial charge < -0.3 is 15.1 Å². The van der Waals surface area contributed by atoms with Gasteiger partial charge in [-0.1, -0.05) is 13.0 Å². The number of nitrogens with zero attached hydrogens (tertiary/aromatic N) is 1. The van der Waals surface area contributed by atoms with E-state index in [0.29, 0.717) is 30.0 Å². The van der Waals surface area contributed by atoms with E-state index >= 15 is 0 Å². The first kappa shape index (κ1) is 14.4. The molecule has 1 aromatic rings. The highest BCUT2D eigenvalue weighted by Gasteiger charge is 2.35. The lowest BCUT2D eigenvalue weighted by Crippen LogP contribution is -2.49. The number of carboxylic acids is 1. The van der Waals surface area contributed by atoms with Crippen LogP contribution in [0, 0.1) is 12.8 Å². The number of amides is 1. The number of piperidine rings is 1. The van der Waals surface area contributed by atoms with Crippen molar-refractivity contribution in [3.8, 4) is 5.75 Å². The molecule has 1 aliphatic rings. The Balaban J connectivity index is 2.31. The quantitative estimate of drug-likeness (QED) is 0.867. The van der Waals surface area contributed by atoms with E-state index in [2.05, 4.69) is 0 Å². The number of carbonyl (C=O) groups excluding carboxylic acids is 1. The molecular formula is C15H19NO4. The summed E-state index contributed by atoms with van der Waals surface area (Å²) in [5, 5.41) is 19.0. The molecule has 1 fully saturated rings. The van der Waals surface area contributed by atoms with Crippen molar-refractivity contribution in [1.29, 1.82) is 0 Å². The number of phenols is 1. The number of likely N-dealkylation sites (tertiary alicyclic amines) is 1. The summed E-state index contributed by atoms with van der Waals surface area (Å²) in [5.74, 6) is -0.945. The molecule has 0 aliphatic carbocycles. The van der Waals surface area contributed by atoms with Crippen molar-refractivity contribution in [3.63, 3.8) is 0 Å². The highest BCUT2D eigenvalue weighted by atomic mass is 16.4. The monoisotopic (exact) mass is 277 g/mol. The third kappa shape index (κ3) is 2.61. The van der Waals surface area contributed by atoms with Gasteiger partial charge in [0.25, 0.3) is 5.91 Å². The Hall–Kier alpha value is -2.04. The van der Waals surface area contributed by atoms with Crippen LogP contribution in [0.3, 0.4) is 0 Å². The van der Waals surface area contributed by atoms with Crippen LogP contribution in [0.5, 0.6) is 5.75 Å². The van der Waals surface area contributed by atoms with Crippen molar-refractivity contribution >= 4 is 11.9 Å². The second kappa shape index (κ2) is 5.53. The second-order valence-corrected chi connectivity index (χ2v) is 5.43. The number of hydrogen-bond donors (Lipinski definition) is 2. The minimum atomic E-state index is -0.970. The van der Waals surface area contributed by atoms with Crippen LogP contribution in [0.25, 0.3) is 0 Å². The van der Waals surface area contributed by atoms with Gasteiger partial charge in [-0.15, -0.1) is 0 Å². The van der Waals surface area contributed by atoms with Crippen molar-refractivity contribution in [2.24, 2.45) is 5.92 Å². The lowest BCUT2D eigenvalue weighted by atomic mass is 9.91. The predicted molar refractivity (Wildman–Crippen MR) is 73.7 cm³/mol. The summed E-state index contributed by atoms with van der Waals surface area (Å²) in [6.07, 6.45) is 1.27. The number of carboxylic acid groups (broad SMARTS) is 1. The minimum absolute atomic E-state index is 0.0492. The maximum absolute atomic E-state index is 12.5. The summed E-state index contributed by atoms with van der Waals surface area (Å²) in [6.45, 7) is 4.09. The van der Waals surface area contributed by atoms with E-state index < -0.39 is 12.0 Å². The molecule has 2 atom stereocenters. The third-order valence-corrected chi connectivity index (χ3v) is 3.95. The van der Waals surface area contributed by atoms with Crippen LogP contribution in [0.2, 0.25) is 0 Å². The van der Waals surface area contributed by atoms with Gasteiger partial charge in [0, 0.05) is 17.7 Å². The normalized spacial score (nSPS) is 22.6. The third-order valence-electron chi connectivity index (χ3n) is 3.95. The van der Waals surface area contributed by atoms with Crippen LogP contribution in [-0.2, 0) is 4.79 Å². The molecule has 0 spiro atoms. The van der Waals surface area contributed by atoms with Gasteiger partial charge in [-0.05, 0) is 37.8 Å². The largest absolute Gasteiger partial charge is 0.508 e. The molecule has 2 N–H and O–H groups in total. The van der Waals surface area contributed by atoms with Gasteiger partial charge in [0.1, 0.15) is 11.8 Å². The van der Waals surface area contributed by atoms with E-state index in [1.807, 2.05) is 6.92 Å². The predicted octanol–water partition coefficient (Wildman–Crippen LogP) is 2.03. The van der Waals surface area contributed by atoms with Gasteiger partial charge in [0.05, 0.1) is 0 Å². The fourth-order valence-electron chi connectivity index (χ4n) is 2.63. The fraction of sp³-hybridized carbons (Fsp3) is 0.467. The van der Waals surface area contributed by atoms with Gasteiger partial charge in [-0.3, -0.25) is 4.79 Å². The van der Waals surface area contributed by atoms with Crippen molar-refractivity contribution in [2.45, 2.75) is 32.7 Å². The molecular weight excluding hydrogens is 258 g/mol. The Morgan fingerprint density at radius 1 is 1.35 bits per heavy atom. The summed E-state index contributed by atoms with van der Waals surface area (Å²) in [6, 6.07) is 3.94. The average Bonchev–Trinajstić information content (AvgIpc) is 2.41. The van der Waals surface area contributed by atoms with Crippen LogP contribution < -0.4 is 0 Å². The maximum Gasteiger partial charge on any atom is 0.326 e. The lowest BCUT2D eigenvalue weighted by Gasteiger charge is -2.36. The van der Waals surface area contributed by atoms with Crippen LogP contribution in [0.15, 0.2) is 18.2 Å². The fourth-order valence-corrected chi connectivity index (χ4v) is 2.63. The Morgan fingerprint density at radius 3 is 2.70 bits per heavy atom. The molecule has 108 valence electrons. The summed E-state index contributed by atoms with van der Waals surface area (Å²) in [4.78, 5) is 25.3. The SMILES string of the molecule is Cc1c(O)cccc1C(=O)N1CCC(C)CC1C(=O)O. The molecule has 20 heavy (non-hydrogen) atoms. The number of carbonyl (C=O) groups is 2. The Morgan fingerprint density at radius 2 is 2.05 bits per heavy atom. The average molecular weight is 277 g/mol. The summed E-state index contributed by atoms with van der Waals surface area (Å²) < 4.78 is 0. The zero-order chi connectivity index (χ0) is 14.9. The molecule has 1 aliphatic heterocycles. The summed E-state index contributed by atoms with van der Waals surface area (Å²) in [5.41, 5.74) is 0.853. The van der Waals surface area contributed by atoms with Crippen LogP contribution in [0.1, 0.15) is 35.7 Å². The number of benzene rings is 1. The van der Waals surface area contributed by atoms with Gasteiger partial charge in [-0.25, -0.2) is 4.79 Å². The molecule has 5 nitrogen and oxygen atoms in total. The molecule has 5 heteroatoms. The first-order valence-electron chi connectivity index (χ1n) is 6.74. The molecule has 0 saturated carbocycles. The smallest absolute Gasteiger partial charge is 0.326 e. The maximum atomic E-state index is 12.5. The number of aromatic hydroxyl groups is 1. The van der Waals surface area contributed by atoms with Crippen LogP contribution >= 0.6 is 0 Å². The first-order chi connectivity index (χ1) is 9.41. The van der Waals surface area contributed by atoms with Crippen LogP contribution in [-0.4, -0.2) is 39.6 Å². The summed E-state index contributed by atoms with van der Waals surface area (Å²) >= 11 is 0. The van der Waals surface area contributed by atoms with E-state index in [1.165, 1.54) is 11.0 Å². The van der Waals surface area contributed by atoms with Crippen molar-refractivity contribution in [1.82, 2.24) is 4.90 Å². The van der Waals surface area contributed by atoms with E-state index in [1.54, 1.807) is 19.1 Å². The Labute approximate surface area is 117 Å². The van der Waals surface area contributed by atoms with Gasteiger partial charge in [0.2, 0.25) is 0 Å². The van der Waals surface area contributed by atoms with Crippen molar-refractivity contribution in [2.75, 3.05) is 6.54 Å². The van der Waals surface area contributed by atoms with Gasteiger partial charge in [0.15, 0.2) is 0 Å². The standard InChI is InChI=1S/C15H19NO4/c1-9-6-7-16(12(8-9)15(19)20)14(18)11-4-3-5-13(17)10(11)2/h3-5,9,12,17H,6-8H2,1-2H3,(H,19,20). The molecule has 0 radical (unpaired) electrons. The van der Waals surface area contributed by atoms with Gasteiger partial charge >= 0.3 is 5.97 Å². The molecule has 0 aromatic heterocycles. The highest BCUT2D eigenvalue weighted by molar-refractivity contribution is 5.98. The summed E-state index contributed by atoms with van der Waals surface area (Å²) in [7, 11) is 0. The number of aliphatic carboxylic acids is 1. The van der Waals surface area contributed by atoms with E-state index in [4.69, 9.17) is 0 Å². The number of rotatable bonds is 2. The lowest BCUT2D eigenvalue weighted by molar-refractivity contribution is -0.144. The topological polar surface area (TPSA) is 77.8 Å². The van der Waals surface area contributed by atoms with Gasteiger partial charge in [-0.2, -0.15) is 0 Å². The van der Waals surface area contributed by atoms with E-state index in [0.717, 1.165) is 6.42 Å². The van der Waals surface area contributed by atoms with Crippen LogP contribution in [0.4, 0.5) is 0 Å². The second-order valence-electron chi connectivity index (χ2n) is 5.43. The zero-order valence-corrected chi connectivity index (χ0v) is 11.7. The molecule has 0 bridgehead atoms. The minimum Gasteiger partial charge on any atom is -0.508 e. The van der Waals surface area contributed by atoms with E-state index in [-0.39, 0.29) is 11.7 Å². The molecule has 1 heterocycles.